The Kier molecular flexibility index (Phi) is 5.26. The van der Waals surface area contributed by atoms with E-state index in [1.54, 1.807) is 0 Å². The number of fused-ring (bicyclic) bond motifs is 1. The van der Waals surface area contributed by atoms with Gasteiger partial charge in [-0.1, -0.05) is 27.7 Å². The highest BCUT2D eigenvalue weighted by molar-refractivity contribution is 5.80. The molecule has 0 atom stereocenters. The third-order valence-electron chi connectivity index (χ3n) is 5.61. The maximum absolute atomic E-state index is 5.76. The van der Waals surface area contributed by atoms with E-state index < -0.39 is 0 Å². The van der Waals surface area contributed by atoms with Gasteiger partial charge in [-0.05, 0) is 55.6 Å². The maximum Gasteiger partial charge on any atom is 0.203 e. The van der Waals surface area contributed by atoms with Gasteiger partial charge in [0.2, 0.25) is 5.95 Å². The third kappa shape index (κ3) is 4.10. The van der Waals surface area contributed by atoms with E-state index in [1.165, 1.54) is 25.7 Å². The van der Waals surface area contributed by atoms with Crippen LogP contribution in [0.3, 0.4) is 0 Å². The predicted molar refractivity (Wildman–Crippen MR) is 105 cm³/mol. The molecular weight excluding hydrogens is 310 g/mol. The molecule has 2 aromatic rings. The summed E-state index contributed by atoms with van der Waals surface area (Å²) in [6, 6.07) is 6.70. The molecular formula is C21H33N3O. The van der Waals surface area contributed by atoms with Gasteiger partial charge >= 0.3 is 0 Å². The van der Waals surface area contributed by atoms with Gasteiger partial charge in [-0.15, -0.1) is 0 Å². The molecule has 0 unspecified atom stereocenters. The highest BCUT2D eigenvalue weighted by Crippen LogP contribution is 2.38. The Labute approximate surface area is 152 Å². The fraction of sp³-hybridized carbons (Fsp3) is 0.667. The fourth-order valence-corrected chi connectivity index (χ4v) is 3.89. The van der Waals surface area contributed by atoms with E-state index in [0.29, 0.717) is 11.5 Å². The molecule has 0 spiro atoms. The molecule has 0 amide bonds. The lowest BCUT2D eigenvalue weighted by Gasteiger charge is -2.37. The molecule has 25 heavy (non-hydrogen) atoms. The number of hydrogen-bond acceptors (Lipinski definition) is 3. The molecule has 1 fully saturated rings. The number of rotatable bonds is 5. The van der Waals surface area contributed by atoms with Crippen LogP contribution in [0.4, 0.5) is 5.95 Å². The zero-order valence-corrected chi connectivity index (χ0v) is 16.4. The molecule has 138 valence electrons. The summed E-state index contributed by atoms with van der Waals surface area (Å²) in [6.07, 6.45) is 6.10. The second-order valence-electron chi connectivity index (χ2n) is 8.55. The molecule has 0 saturated heterocycles. The number of hydrogen-bond donors (Lipinski definition) is 1. The van der Waals surface area contributed by atoms with Gasteiger partial charge in [0, 0.05) is 19.2 Å². The second-order valence-corrected chi connectivity index (χ2v) is 8.55. The Bertz CT molecular complexity index is 706. The average molecular weight is 344 g/mol. The number of benzene rings is 1. The van der Waals surface area contributed by atoms with Crippen LogP contribution < -0.4 is 10.1 Å². The standard InChI is InChI=1S/C21H33N3O/c1-6-13-25-17-11-12-18-19(14-17)24(5)20(23-18)22-16-9-7-15(8-10-16)21(2,3)4/h11-12,14-16H,6-10,13H2,1-5H3,(H,22,23). The SMILES string of the molecule is CCCOc1ccc2nc(NC3CCC(C(C)(C)C)CC3)n(C)c2c1. The van der Waals surface area contributed by atoms with Crippen molar-refractivity contribution in [3.8, 4) is 5.75 Å². The third-order valence-corrected chi connectivity index (χ3v) is 5.61. The van der Waals surface area contributed by atoms with Gasteiger partial charge in [-0.25, -0.2) is 4.98 Å². The van der Waals surface area contributed by atoms with Gasteiger partial charge in [0.15, 0.2) is 0 Å². The number of aromatic nitrogens is 2. The van der Waals surface area contributed by atoms with Crippen molar-refractivity contribution in [3.63, 3.8) is 0 Å². The van der Waals surface area contributed by atoms with Crippen LogP contribution in [0.2, 0.25) is 0 Å². The lowest BCUT2D eigenvalue weighted by atomic mass is 9.71. The van der Waals surface area contributed by atoms with Crippen molar-refractivity contribution in [3.05, 3.63) is 18.2 Å². The smallest absolute Gasteiger partial charge is 0.203 e. The lowest BCUT2D eigenvalue weighted by molar-refractivity contribution is 0.173. The normalized spacial score (nSPS) is 21.5. The van der Waals surface area contributed by atoms with Crippen LogP contribution in [-0.4, -0.2) is 22.2 Å². The van der Waals surface area contributed by atoms with Crippen molar-refractivity contribution < 1.29 is 4.74 Å². The van der Waals surface area contributed by atoms with Crippen LogP contribution in [0.5, 0.6) is 5.75 Å². The van der Waals surface area contributed by atoms with E-state index in [2.05, 4.69) is 56.8 Å². The molecule has 1 aromatic carbocycles. The Morgan fingerprint density at radius 2 is 1.92 bits per heavy atom. The lowest BCUT2D eigenvalue weighted by Crippen LogP contribution is -2.32. The number of imidazole rings is 1. The minimum absolute atomic E-state index is 0.428. The molecule has 0 aliphatic heterocycles. The molecule has 1 aliphatic carbocycles. The van der Waals surface area contributed by atoms with Crippen molar-refractivity contribution in [1.82, 2.24) is 9.55 Å². The highest BCUT2D eigenvalue weighted by Gasteiger charge is 2.30. The summed E-state index contributed by atoms with van der Waals surface area (Å²) < 4.78 is 7.92. The van der Waals surface area contributed by atoms with E-state index in [1.807, 2.05) is 6.07 Å². The number of ether oxygens (including phenoxy) is 1. The molecule has 1 saturated carbocycles. The predicted octanol–water partition coefficient (Wildman–Crippen LogP) is 5.38. The summed E-state index contributed by atoms with van der Waals surface area (Å²) >= 11 is 0. The Morgan fingerprint density at radius 1 is 1.20 bits per heavy atom. The van der Waals surface area contributed by atoms with Gasteiger partial charge < -0.3 is 14.6 Å². The van der Waals surface area contributed by atoms with E-state index in [9.17, 15) is 0 Å². The Hall–Kier alpha value is -1.71. The average Bonchev–Trinajstić information content (AvgIpc) is 2.88. The number of anilines is 1. The second kappa shape index (κ2) is 7.27. The molecule has 0 bridgehead atoms. The van der Waals surface area contributed by atoms with Gasteiger partial charge in [-0.2, -0.15) is 0 Å². The first kappa shape index (κ1) is 18.1. The molecule has 4 nitrogen and oxygen atoms in total. The van der Waals surface area contributed by atoms with Crippen LogP contribution in [0.15, 0.2) is 18.2 Å². The summed E-state index contributed by atoms with van der Waals surface area (Å²) in [4.78, 5) is 4.79. The topological polar surface area (TPSA) is 39.1 Å². The Balaban J connectivity index is 1.69. The van der Waals surface area contributed by atoms with Crippen molar-refractivity contribution in [2.45, 2.75) is 65.8 Å². The minimum atomic E-state index is 0.428. The fourth-order valence-electron chi connectivity index (χ4n) is 3.89. The van der Waals surface area contributed by atoms with Gasteiger partial charge in [-0.3, -0.25) is 0 Å². The quantitative estimate of drug-likeness (QED) is 0.792. The van der Waals surface area contributed by atoms with Crippen molar-refractivity contribution in [2.75, 3.05) is 11.9 Å². The van der Waals surface area contributed by atoms with Crippen molar-refractivity contribution in [1.29, 1.82) is 0 Å². The maximum atomic E-state index is 5.76. The molecule has 4 heteroatoms. The zero-order chi connectivity index (χ0) is 18.0. The van der Waals surface area contributed by atoms with E-state index in [4.69, 9.17) is 9.72 Å². The number of aryl methyl sites for hydroxylation is 1. The van der Waals surface area contributed by atoms with Gasteiger partial charge in [0.05, 0.1) is 17.6 Å². The molecule has 1 aromatic heterocycles. The summed E-state index contributed by atoms with van der Waals surface area (Å²) in [7, 11) is 2.09. The summed E-state index contributed by atoms with van der Waals surface area (Å²) in [5.74, 6) is 2.74. The first-order valence-corrected chi connectivity index (χ1v) is 9.74. The Morgan fingerprint density at radius 3 is 2.56 bits per heavy atom. The van der Waals surface area contributed by atoms with Crippen LogP contribution in [0.25, 0.3) is 11.0 Å². The van der Waals surface area contributed by atoms with Gasteiger partial charge in [0.1, 0.15) is 5.75 Å². The molecule has 1 N–H and O–H groups in total. The first-order chi connectivity index (χ1) is 11.9. The van der Waals surface area contributed by atoms with E-state index in [0.717, 1.165) is 41.7 Å². The molecule has 0 radical (unpaired) electrons. The molecule has 1 heterocycles. The van der Waals surface area contributed by atoms with E-state index >= 15 is 0 Å². The summed E-state index contributed by atoms with van der Waals surface area (Å²) in [5, 5.41) is 3.68. The molecule has 3 rings (SSSR count). The monoisotopic (exact) mass is 343 g/mol. The van der Waals surface area contributed by atoms with Crippen LogP contribution in [0, 0.1) is 11.3 Å². The van der Waals surface area contributed by atoms with E-state index in [-0.39, 0.29) is 0 Å². The first-order valence-electron chi connectivity index (χ1n) is 9.74. The largest absolute Gasteiger partial charge is 0.494 e. The summed E-state index contributed by atoms with van der Waals surface area (Å²) in [5.41, 5.74) is 2.58. The number of nitrogens with one attached hydrogen (secondary N) is 1. The minimum Gasteiger partial charge on any atom is -0.494 e. The number of nitrogens with zero attached hydrogens (tertiary/aromatic N) is 2. The van der Waals surface area contributed by atoms with Crippen molar-refractivity contribution >= 4 is 17.0 Å². The zero-order valence-electron chi connectivity index (χ0n) is 16.4. The van der Waals surface area contributed by atoms with Crippen LogP contribution in [-0.2, 0) is 7.05 Å². The van der Waals surface area contributed by atoms with Crippen molar-refractivity contribution in [2.24, 2.45) is 18.4 Å². The van der Waals surface area contributed by atoms with Gasteiger partial charge in [0.25, 0.3) is 0 Å². The molecule has 1 aliphatic rings. The van der Waals surface area contributed by atoms with Crippen LogP contribution >= 0.6 is 0 Å². The highest BCUT2D eigenvalue weighted by atomic mass is 16.5. The summed E-state index contributed by atoms with van der Waals surface area (Å²) in [6.45, 7) is 9.99. The van der Waals surface area contributed by atoms with Crippen LogP contribution in [0.1, 0.15) is 59.8 Å².